The molecule has 1 aromatic heterocycles. The first-order chi connectivity index (χ1) is 11.1. The molecule has 6 heteroatoms. The lowest BCUT2D eigenvalue weighted by Crippen LogP contribution is -2.31. The van der Waals surface area contributed by atoms with Crippen LogP contribution in [0.5, 0.6) is 0 Å². The second kappa shape index (κ2) is 8.05. The van der Waals surface area contributed by atoms with E-state index in [4.69, 9.17) is 5.84 Å². The molecule has 1 heterocycles. The summed E-state index contributed by atoms with van der Waals surface area (Å²) >= 11 is 0. The molecule has 23 heavy (non-hydrogen) atoms. The van der Waals surface area contributed by atoms with E-state index in [0.29, 0.717) is 5.82 Å². The molecule has 0 bridgehead atoms. The summed E-state index contributed by atoms with van der Waals surface area (Å²) in [7, 11) is 0. The van der Waals surface area contributed by atoms with Gasteiger partial charge in [-0.1, -0.05) is 30.3 Å². The third-order valence-corrected chi connectivity index (χ3v) is 3.38. The molecule has 0 radical (unpaired) electrons. The van der Waals surface area contributed by atoms with Gasteiger partial charge in [-0.2, -0.15) is 0 Å². The van der Waals surface area contributed by atoms with Gasteiger partial charge in [-0.25, -0.2) is 10.8 Å². The molecular weight excluding hydrogens is 292 g/mol. The van der Waals surface area contributed by atoms with E-state index in [1.165, 1.54) is 12.5 Å². The fraction of sp³-hybridized carbons (Fsp3) is 0.235. The van der Waals surface area contributed by atoms with Crippen molar-refractivity contribution in [2.45, 2.75) is 26.2 Å². The fourth-order valence-electron chi connectivity index (χ4n) is 2.18. The van der Waals surface area contributed by atoms with Crippen LogP contribution in [0, 0.1) is 0 Å². The van der Waals surface area contributed by atoms with Crippen molar-refractivity contribution in [3.05, 3.63) is 59.3 Å². The maximum atomic E-state index is 11.2. The van der Waals surface area contributed by atoms with Gasteiger partial charge >= 0.3 is 0 Å². The van der Waals surface area contributed by atoms with E-state index < -0.39 is 0 Å². The molecule has 0 unspecified atom stereocenters. The number of pyridine rings is 1. The summed E-state index contributed by atoms with van der Waals surface area (Å²) < 4.78 is 0. The Morgan fingerprint density at radius 3 is 2.17 bits per heavy atom. The molecule has 0 atom stereocenters. The molecule has 1 aromatic carbocycles. The Morgan fingerprint density at radius 2 is 1.61 bits per heavy atom. The molecular formula is C17H20N4O2. The van der Waals surface area contributed by atoms with Crippen LogP contribution in [0.2, 0.25) is 0 Å². The first-order valence-electron chi connectivity index (χ1n) is 7.36. The largest absolute Gasteiger partial charge is 0.311 e. The number of carbonyl (C=O) groups is 2. The van der Waals surface area contributed by atoms with Gasteiger partial charge in [-0.15, -0.1) is 0 Å². The highest BCUT2D eigenvalue weighted by atomic mass is 16.2. The summed E-state index contributed by atoms with van der Waals surface area (Å²) in [4.78, 5) is 26.3. The number of carbonyl (C=O) groups excluding carboxylic acids is 2. The first kappa shape index (κ1) is 16.6. The van der Waals surface area contributed by atoms with Crippen LogP contribution in [0.3, 0.4) is 0 Å². The average Bonchev–Trinajstić information content (AvgIpc) is 2.55. The van der Waals surface area contributed by atoms with Crippen molar-refractivity contribution in [2.75, 3.05) is 5.32 Å². The van der Waals surface area contributed by atoms with E-state index in [1.54, 1.807) is 12.3 Å². The van der Waals surface area contributed by atoms with Gasteiger partial charge in [0.15, 0.2) is 0 Å². The molecule has 0 aliphatic heterocycles. The van der Waals surface area contributed by atoms with Crippen molar-refractivity contribution in [3.63, 3.8) is 0 Å². The number of nitrogens with two attached hydrogens (primary N) is 1. The minimum atomic E-state index is -0.205. The molecule has 4 N–H and O–H groups in total. The van der Waals surface area contributed by atoms with Crippen LogP contribution in [-0.2, 0) is 28.9 Å². The standard InChI is InChI=1S/C17H20N4O2/c1-12(22)20-16-9-8-15(11-19-16)7-4-13-2-5-14(6-3-13)10-17(23)21-18/h2-3,5-6,8-9,11H,4,7,10,18H2,1H3,(H,21,23)(H,19,20,22). The van der Waals surface area contributed by atoms with Crippen molar-refractivity contribution in [2.24, 2.45) is 5.84 Å². The summed E-state index contributed by atoms with van der Waals surface area (Å²) in [5.74, 6) is 5.29. The molecule has 2 rings (SSSR count). The van der Waals surface area contributed by atoms with E-state index in [0.717, 1.165) is 24.0 Å². The molecule has 0 aliphatic rings. The highest BCUT2D eigenvalue weighted by Gasteiger charge is 2.02. The summed E-state index contributed by atoms with van der Waals surface area (Å²) in [6.07, 6.45) is 3.79. The van der Waals surface area contributed by atoms with Crippen molar-refractivity contribution in [1.82, 2.24) is 10.4 Å². The van der Waals surface area contributed by atoms with Gasteiger partial charge in [0.1, 0.15) is 5.82 Å². The van der Waals surface area contributed by atoms with E-state index in [9.17, 15) is 9.59 Å². The van der Waals surface area contributed by atoms with E-state index in [1.807, 2.05) is 30.3 Å². The van der Waals surface area contributed by atoms with Crippen LogP contribution in [0.1, 0.15) is 23.6 Å². The number of rotatable bonds is 6. The molecule has 0 saturated heterocycles. The van der Waals surface area contributed by atoms with Crippen LogP contribution < -0.4 is 16.6 Å². The van der Waals surface area contributed by atoms with E-state index in [2.05, 4.69) is 15.7 Å². The maximum Gasteiger partial charge on any atom is 0.238 e. The minimum absolute atomic E-state index is 0.131. The number of hydrogen-bond donors (Lipinski definition) is 3. The molecule has 0 aliphatic carbocycles. The monoisotopic (exact) mass is 312 g/mol. The Hall–Kier alpha value is -2.73. The zero-order valence-electron chi connectivity index (χ0n) is 13.0. The molecule has 0 spiro atoms. The Morgan fingerprint density at radius 1 is 1.00 bits per heavy atom. The second-order valence-corrected chi connectivity index (χ2v) is 5.29. The second-order valence-electron chi connectivity index (χ2n) is 5.29. The first-order valence-corrected chi connectivity index (χ1v) is 7.36. The summed E-state index contributed by atoms with van der Waals surface area (Å²) in [5.41, 5.74) is 5.34. The van der Waals surface area contributed by atoms with Crippen LogP contribution >= 0.6 is 0 Å². The summed E-state index contributed by atoms with van der Waals surface area (Å²) in [6.45, 7) is 1.45. The molecule has 120 valence electrons. The van der Waals surface area contributed by atoms with Gasteiger partial charge in [0, 0.05) is 13.1 Å². The zero-order chi connectivity index (χ0) is 16.7. The molecule has 0 saturated carbocycles. The summed E-state index contributed by atoms with van der Waals surface area (Å²) in [6, 6.07) is 11.6. The van der Waals surface area contributed by atoms with Crippen LogP contribution in [0.15, 0.2) is 42.6 Å². The Bertz CT molecular complexity index is 666. The fourth-order valence-corrected chi connectivity index (χ4v) is 2.18. The highest BCUT2D eigenvalue weighted by molar-refractivity contribution is 5.87. The third kappa shape index (κ3) is 5.52. The van der Waals surface area contributed by atoms with Gasteiger partial charge in [0.2, 0.25) is 11.8 Å². The number of nitrogens with one attached hydrogen (secondary N) is 2. The number of hydrazine groups is 1. The number of benzene rings is 1. The normalized spacial score (nSPS) is 10.2. The Balaban J connectivity index is 1.88. The number of hydrogen-bond acceptors (Lipinski definition) is 4. The predicted octanol–water partition coefficient (Wildman–Crippen LogP) is 1.36. The van der Waals surface area contributed by atoms with Gasteiger partial charge in [0.25, 0.3) is 0 Å². The maximum absolute atomic E-state index is 11.2. The lowest BCUT2D eigenvalue weighted by Gasteiger charge is -2.05. The van der Waals surface area contributed by atoms with Crippen LogP contribution in [-0.4, -0.2) is 16.8 Å². The van der Waals surface area contributed by atoms with Gasteiger partial charge in [-0.05, 0) is 35.6 Å². The van der Waals surface area contributed by atoms with Crippen LogP contribution in [0.4, 0.5) is 5.82 Å². The average molecular weight is 312 g/mol. The smallest absolute Gasteiger partial charge is 0.238 e. The molecule has 2 amide bonds. The van der Waals surface area contributed by atoms with Crippen molar-refractivity contribution in [1.29, 1.82) is 0 Å². The lowest BCUT2D eigenvalue weighted by atomic mass is 10.0. The van der Waals surface area contributed by atoms with Crippen molar-refractivity contribution < 1.29 is 9.59 Å². The Kier molecular flexibility index (Phi) is 5.82. The van der Waals surface area contributed by atoms with Crippen LogP contribution in [0.25, 0.3) is 0 Å². The Labute approximate surface area is 135 Å². The topological polar surface area (TPSA) is 97.1 Å². The highest BCUT2D eigenvalue weighted by Crippen LogP contribution is 2.11. The number of amides is 2. The number of aryl methyl sites for hydroxylation is 2. The van der Waals surface area contributed by atoms with Gasteiger partial charge in [-0.3, -0.25) is 15.0 Å². The van der Waals surface area contributed by atoms with Gasteiger partial charge < -0.3 is 5.32 Å². The molecule has 0 fully saturated rings. The summed E-state index contributed by atoms with van der Waals surface area (Å²) in [5, 5.41) is 2.64. The third-order valence-electron chi connectivity index (χ3n) is 3.38. The zero-order valence-corrected chi connectivity index (χ0v) is 13.0. The van der Waals surface area contributed by atoms with Crippen molar-refractivity contribution >= 4 is 17.6 Å². The lowest BCUT2D eigenvalue weighted by molar-refractivity contribution is -0.120. The van der Waals surface area contributed by atoms with Gasteiger partial charge in [0.05, 0.1) is 6.42 Å². The van der Waals surface area contributed by atoms with Crippen molar-refractivity contribution in [3.8, 4) is 0 Å². The van der Waals surface area contributed by atoms with E-state index in [-0.39, 0.29) is 18.2 Å². The number of anilines is 1. The number of aromatic nitrogens is 1. The molecule has 6 nitrogen and oxygen atoms in total. The minimum Gasteiger partial charge on any atom is -0.311 e. The number of nitrogens with zero attached hydrogens (tertiary/aromatic N) is 1. The SMILES string of the molecule is CC(=O)Nc1ccc(CCc2ccc(CC(=O)NN)cc2)cn1. The molecule has 2 aromatic rings. The quantitative estimate of drug-likeness (QED) is 0.426. The van der Waals surface area contributed by atoms with E-state index >= 15 is 0 Å². The predicted molar refractivity (Wildman–Crippen MR) is 88.4 cm³/mol.